The first-order chi connectivity index (χ1) is 9.38. The van der Waals surface area contributed by atoms with E-state index in [1.807, 2.05) is 24.3 Å². The Morgan fingerprint density at radius 1 is 1.47 bits per heavy atom. The Balaban J connectivity index is 1.87. The molecule has 0 amide bonds. The van der Waals surface area contributed by atoms with Crippen LogP contribution >= 0.6 is 0 Å². The Labute approximate surface area is 107 Å². The number of allylic oxidation sites excluding steroid dienone is 1. The van der Waals surface area contributed by atoms with Gasteiger partial charge in [-0.3, -0.25) is 0 Å². The molecule has 2 aromatic rings. The average Bonchev–Trinajstić information content (AvgIpc) is 3.10. The van der Waals surface area contributed by atoms with E-state index >= 15 is 0 Å². The number of hydrogen-bond donors (Lipinski definition) is 2. The van der Waals surface area contributed by atoms with E-state index in [4.69, 9.17) is 14.7 Å². The Kier molecular flexibility index (Phi) is 2.70. The van der Waals surface area contributed by atoms with Crippen molar-refractivity contribution in [3.05, 3.63) is 30.2 Å². The van der Waals surface area contributed by atoms with Gasteiger partial charge in [0.1, 0.15) is 11.6 Å². The fraction of sp³-hybridized carbons (Fsp3) is 0.0909. The van der Waals surface area contributed by atoms with E-state index in [1.165, 1.54) is 6.20 Å². The molecule has 0 saturated carbocycles. The fourth-order valence-corrected chi connectivity index (χ4v) is 1.62. The van der Waals surface area contributed by atoms with Crippen molar-refractivity contribution in [2.45, 2.75) is 0 Å². The van der Waals surface area contributed by atoms with Gasteiger partial charge in [-0.1, -0.05) is 6.07 Å². The summed E-state index contributed by atoms with van der Waals surface area (Å²) in [5.41, 5.74) is 0.955. The predicted molar refractivity (Wildman–Crippen MR) is 64.0 cm³/mol. The number of tetrazole rings is 1. The maximum Gasteiger partial charge on any atom is 0.231 e. The lowest BCUT2D eigenvalue weighted by Crippen LogP contribution is -1.96. The standard InChI is InChI=1S/C11H8N6O2/c12-4-7(11-14-16-17-15-11)5-13-8-2-1-3-9-10(8)19-6-18-9/h1-3,5,13H,6H2,(H,14,15,16,17). The monoisotopic (exact) mass is 256 g/mol. The van der Waals surface area contributed by atoms with Crippen molar-refractivity contribution >= 4 is 11.3 Å². The van der Waals surface area contributed by atoms with Crippen LogP contribution in [-0.4, -0.2) is 27.4 Å². The van der Waals surface area contributed by atoms with Crippen molar-refractivity contribution in [2.75, 3.05) is 12.1 Å². The molecule has 0 aliphatic carbocycles. The zero-order valence-electron chi connectivity index (χ0n) is 9.62. The van der Waals surface area contributed by atoms with Crippen LogP contribution in [-0.2, 0) is 0 Å². The molecule has 2 heterocycles. The molecule has 94 valence electrons. The number of ether oxygens (including phenoxy) is 2. The summed E-state index contributed by atoms with van der Waals surface area (Å²) in [7, 11) is 0. The molecule has 1 aliphatic rings. The van der Waals surface area contributed by atoms with Crippen molar-refractivity contribution in [1.82, 2.24) is 20.6 Å². The van der Waals surface area contributed by atoms with Crippen molar-refractivity contribution in [2.24, 2.45) is 0 Å². The fourth-order valence-electron chi connectivity index (χ4n) is 1.62. The van der Waals surface area contributed by atoms with Crippen molar-refractivity contribution in [3.63, 3.8) is 0 Å². The number of benzene rings is 1. The molecule has 0 fully saturated rings. The summed E-state index contributed by atoms with van der Waals surface area (Å²) in [5, 5.41) is 25.2. The molecule has 1 aliphatic heterocycles. The summed E-state index contributed by atoms with van der Waals surface area (Å²) in [6, 6.07) is 7.43. The summed E-state index contributed by atoms with van der Waals surface area (Å²) < 4.78 is 10.6. The van der Waals surface area contributed by atoms with E-state index in [2.05, 4.69) is 25.9 Å². The quantitative estimate of drug-likeness (QED) is 0.785. The van der Waals surface area contributed by atoms with Crippen LogP contribution in [0.5, 0.6) is 11.5 Å². The van der Waals surface area contributed by atoms with E-state index in [0.29, 0.717) is 17.2 Å². The number of aromatic nitrogens is 4. The smallest absolute Gasteiger partial charge is 0.231 e. The molecular weight excluding hydrogens is 248 g/mol. The van der Waals surface area contributed by atoms with Crippen LogP contribution in [0, 0.1) is 11.3 Å². The topological polar surface area (TPSA) is 109 Å². The third kappa shape index (κ3) is 2.04. The normalized spacial score (nSPS) is 13.1. The van der Waals surface area contributed by atoms with Gasteiger partial charge in [0.15, 0.2) is 11.5 Å². The van der Waals surface area contributed by atoms with Gasteiger partial charge in [0.2, 0.25) is 12.6 Å². The number of hydrogen-bond acceptors (Lipinski definition) is 7. The molecule has 1 aromatic heterocycles. The molecule has 19 heavy (non-hydrogen) atoms. The van der Waals surface area contributed by atoms with Gasteiger partial charge >= 0.3 is 0 Å². The molecule has 0 unspecified atom stereocenters. The minimum absolute atomic E-state index is 0.188. The summed E-state index contributed by atoms with van der Waals surface area (Å²) in [6.45, 7) is 0.188. The molecule has 8 nitrogen and oxygen atoms in total. The van der Waals surface area contributed by atoms with Gasteiger partial charge in [-0.25, -0.2) is 0 Å². The highest BCUT2D eigenvalue weighted by atomic mass is 16.7. The number of para-hydroxylation sites is 1. The molecule has 1 aromatic carbocycles. The number of H-pyrrole nitrogens is 1. The Bertz CT molecular complexity index is 658. The molecule has 0 bridgehead atoms. The van der Waals surface area contributed by atoms with E-state index in [9.17, 15) is 0 Å². The van der Waals surface area contributed by atoms with Crippen LogP contribution in [0.1, 0.15) is 5.82 Å². The van der Waals surface area contributed by atoms with Crippen molar-refractivity contribution in [1.29, 1.82) is 5.26 Å². The van der Waals surface area contributed by atoms with Gasteiger partial charge < -0.3 is 14.8 Å². The van der Waals surface area contributed by atoms with Crippen LogP contribution in [0.25, 0.3) is 5.57 Å². The van der Waals surface area contributed by atoms with E-state index in [-0.39, 0.29) is 18.2 Å². The van der Waals surface area contributed by atoms with Crippen LogP contribution < -0.4 is 14.8 Å². The molecule has 0 spiro atoms. The predicted octanol–water partition coefficient (Wildman–Crippen LogP) is 0.905. The third-order valence-corrected chi connectivity index (χ3v) is 2.48. The number of anilines is 1. The SMILES string of the molecule is N#CC(=CNc1cccc2c1OCO2)c1nn[nH]n1. The van der Waals surface area contributed by atoms with Gasteiger partial charge in [0.05, 0.1) is 5.69 Å². The van der Waals surface area contributed by atoms with Crippen molar-refractivity contribution in [3.8, 4) is 17.6 Å². The summed E-state index contributed by atoms with van der Waals surface area (Å²) >= 11 is 0. The highest BCUT2D eigenvalue weighted by Crippen LogP contribution is 2.38. The highest BCUT2D eigenvalue weighted by molar-refractivity contribution is 5.75. The molecule has 0 saturated heterocycles. The number of rotatable bonds is 3. The first-order valence-electron chi connectivity index (χ1n) is 5.37. The van der Waals surface area contributed by atoms with Gasteiger partial charge in [-0.05, 0) is 17.3 Å². The Morgan fingerprint density at radius 3 is 3.21 bits per heavy atom. The highest BCUT2D eigenvalue weighted by Gasteiger charge is 2.16. The minimum atomic E-state index is 0.188. The number of aromatic amines is 1. The zero-order valence-corrected chi connectivity index (χ0v) is 9.62. The molecule has 0 radical (unpaired) electrons. The van der Waals surface area contributed by atoms with Gasteiger partial charge in [0, 0.05) is 6.20 Å². The molecule has 2 N–H and O–H groups in total. The second-order valence-electron chi connectivity index (χ2n) is 3.59. The number of nitrogens with one attached hydrogen (secondary N) is 2. The van der Waals surface area contributed by atoms with Crippen LogP contribution in [0.3, 0.4) is 0 Å². The maximum absolute atomic E-state index is 9.03. The average molecular weight is 256 g/mol. The van der Waals surface area contributed by atoms with Crippen LogP contribution in [0.15, 0.2) is 24.4 Å². The van der Waals surface area contributed by atoms with Gasteiger partial charge in [-0.15, -0.1) is 10.2 Å². The second kappa shape index (κ2) is 4.66. The Morgan fingerprint density at radius 2 is 2.42 bits per heavy atom. The summed E-state index contributed by atoms with van der Waals surface area (Å²) in [4.78, 5) is 0. The first-order valence-corrected chi connectivity index (χ1v) is 5.37. The lowest BCUT2D eigenvalue weighted by molar-refractivity contribution is 0.174. The second-order valence-corrected chi connectivity index (χ2v) is 3.59. The molecular formula is C11H8N6O2. The van der Waals surface area contributed by atoms with Crippen LogP contribution in [0.4, 0.5) is 5.69 Å². The number of fused-ring (bicyclic) bond motifs is 1. The lowest BCUT2D eigenvalue weighted by atomic mass is 10.2. The lowest BCUT2D eigenvalue weighted by Gasteiger charge is -2.04. The van der Waals surface area contributed by atoms with Gasteiger partial charge in [0.25, 0.3) is 0 Å². The maximum atomic E-state index is 9.03. The molecule has 0 atom stereocenters. The Hall–Kier alpha value is -3.08. The van der Waals surface area contributed by atoms with Crippen LogP contribution in [0.2, 0.25) is 0 Å². The number of nitriles is 1. The van der Waals surface area contributed by atoms with Crippen molar-refractivity contribution < 1.29 is 9.47 Å². The van der Waals surface area contributed by atoms with E-state index in [0.717, 1.165) is 0 Å². The zero-order chi connectivity index (χ0) is 13.1. The molecule has 3 rings (SSSR count). The molecule has 8 heteroatoms. The summed E-state index contributed by atoms with van der Waals surface area (Å²) in [6.07, 6.45) is 1.49. The minimum Gasteiger partial charge on any atom is -0.454 e. The largest absolute Gasteiger partial charge is 0.454 e. The van der Waals surface area contributed by atoms with E-state index in [1.54, 1.807) is 0 Å². The number of nitrogens with zero attached hydrogens (tertiary/aromatic N) is 4. The third-order valence-electron chi connectivity index (χ3n) is 2.48. The van der Waals surface area contributed by atoms with E-state index < -0.39 is 0 Å². The first kappa shape index (κ1) is 11.0. The van der Waals surface area contributed by atoms with Gasteiger partial charge in [-0.2, -0.15) is 10.5 Å². The summed E-state index contributed by atoms with van der Waals surface area (Å²) in [5.74, 6) is 1.50.